The molecular weight excluding hydrogens is 444 g/mol. The zero-order valence-electron chi connectivity index (χ0n) is 20.3. The van der Waals surface area contributed by atoms with Crippen molar-refractivity contribution in [1.29, 1.82) is 0 Å². The molecular formula is C29H37ClN2O2. The number of hydrogen-bond donors (Lipinski definition) is 3. The van der Waals surface area contributed by atoms with Crippen molar-refractivity contribution in [2.24, 2.45) is 23.7 Å². The molecule has 182 valence electrons. The van der Waals surface area contributed by atoms with Gasteiger partial charge in [-0.15, -0.1) is 0 Å². The maximum atomic E-state index is 11.4. The fourth-order valence-electron chi connectivity index (χ4n) is 7.26. The first-order valence-electron chi connectivity index (χ1n) is 13.0. The topological polar surface area (TPSA) is 61.4 Å². The van der Waals surface area contributed by atoms with Gasteiger partial charge < -0.3 is 15.7 Å². The Morgan fingerprint density at radius 1 is 1.00 bits per heavy atom. The number of fused-ring (bicyclic) bond motifs is 2. The summed E-state index contributed by atoms with van der Waals surface area (Å²) in [5, 5.41) is 17.0. The molecule has 4 unspecified atom stereocenters. The van der Waals surface area contributed by atoms with E-state index in [0.29, 0.717) is 0 Å². The van der Waals surface area contributed by atoms with E-state index in [9.17, 15) is 9.90 Å². The van der Waals surface area contributed by atoms with Crippen molar-refractivity contribution in [1.82, 2.24) is 0 Å². The van der Waals surface area contributed by atoms with Crippen LogP contribution in [0.15, 0.2) is 42.5 Å². The largest absolute Gasteiger partial charge is 0.481 e. The van der Waals surface area contributed by atoms with Crippen LogP contribution in [0, 0.1) is 23.7 Å². The van der Waals surface area contributed by atoms with E-state index >= 15 is 0 Å². The van der Waals surface area contributed by atoms with Crippen LogP contribution in [0.2, 0.25) is 5.02 Å². The van der Waals surface area contributed by atoms with Gasteiger partial charge in [0.15, 0.2) is 0 Å². The van der Waals surface area contributed by atoms with Gasteiger partial charge in [-0.1, -0.05) is 37.9 Å². The molecule has 3 aliphatic carbocycles. The lowest BCUT2D eigenvalue weighted by Crippen LogP contribution is -2.38. The van der Waals surface area contributed by atoms with Crippen LogP contribution in [0.25, 0.3) is 0 Å². The summed E-state index contributed by atoms with van der Waals surface area (Å²) in [6, 6.07) is 14.6. The van der Waals surface area contributed by atoms with Crippen LogP contribution < -0.4 is 10.6 Å². The number of halogens is 1. The van der Waals surface area contributed by atoms with Gasteiger partial charge in [0, 0.05) is 17.4 Å². The third-order valence-electron chi connectivity index (χ3n) is 8.63. The van der Waals surface area contributed by atoms with E-state index in [1.165, 1.54) is 37.7 Å². The first-order valence-corrected chi connectivity index (χ1v) is 13.3. The predicted molar refractivity (Wildman–Crippen MR) is 140 cm³/mol. The molecule has 3 fully saturated rings. The Morgan fingerprint density at radius 2 is 1.68 bits per heavy atom. The van der Waals surface area contributed by atoms with E-state index in [2.05, 4.69) is 42.7 Å². The number of aliphatic carboxylic acids is 1. The highest BCUT2D eigenvalue weighted by Gasteiger charge is 2.42. The fraction of sp³-hybridized carbons (Fsp3) is 0.552. The van der Waals surface area contributed by atoms with Gasteiger partial charge in [0.05, 0.1) is 16.6 Å². The number of benzene rings is 2. The number of carbonyl (C=O) groups is 1. The van der Waals surface area contributed by atoms with Gasteiger partial charge in [-0.05, 0) is 110 Å². The molecule has 0 saturated heterocycles. The summed E-state index contributed by atoms with van der Waals surface area (Å²) in [6.07, 6.45) is 9.32. The molecule has 5 heteroatoms. The first-order chi connectivity index (χ1) is 16.3. The van der Waals surface area contributed by atoms with Gasteiger partial charge in [0.2, 0.25) is 0 Å². The van der Waals surface area contributed by atoms with Crippen LogP contribution in [-0.4, -0.2) is 17.1 Å². The molecule has 0 spiro atoms. The Hall–Kier alpha value is -2.20. The lowest BCUT2D eigenvalue weighted by atomic mass is 9.57. The summed E-state index contributed by atoms with van der Waals surface area (Å²) in [6.45, 7) is 4.86. The summed E-state index contributed by atoms with van der Waals surface area (Å²) in [7, 11) is 0. The van der Waals surface area contributed by atoms with E-state index in [1.807, 2.05) is 24.3 Å². The Morgan fingerprint density at radius 3 is 2.32 bits per heavy atom. The standard InChI is InChI=1S/C29H37ClN2O2/c1-18-12-19-14-20(13-18)17-29(2,16-19)21-6-11-27(25(30)15-21)32-23-9-7-22(8-10-23)31-26-5-3-4-24(26)28(33)34/h6-11,15,18-20,24,26,31-32H,3-5,12-14,16-17H2,1-2H3,(H,33,34). The van der Waals surface area contributed by atoms with Crippen LogP contribution in [-0.2, 0) is 10.2 Å². The summed E-state index contributed by atoms with van der Waals surface area (Å²) in [4.78, 5) is 11.4. The molecule has 0 amide bonds. The maximum absolute atomic E-state index is 11.4. The molecule has 3 N–H and O–H groups in total. The van der Waals surface area contributed by atoms with Crippen molar-refractivity contribution < 1.29 is 9.90 Å². The number of rotatable bonds is 6. The van der Waals surface area contributed by atoms with Gasteiger partial charge in [0.1, 0.15) is 0 Å². The zero-order chi connectivity index (χ0) is 23.9. The van der Waals surface area contributed by atoms with E-state index in [0.717, 1.165) is 59.1 Å². The van der Waals surface area contributed by atoms with E-state index in [-0.39, 0.29) is 17.4 Å². The molecule has 3 aliphatic rings. The lowest BCUT2D eigenvalue weighted by molar-refractivity contribution is -0.141. The first kappa shape index (κ1) is 23.5. The average molecular weight is 481 g/mol. The highest BCUT2D eigenvalue weighted by atomic mass is 35.5. The van der Waals surface area contributed by atoms with Crippen molar-refractivity contribution >= 4 is 34.6 Å². The number of nitrogens with one attached hydrogen (secondary N) is 2. The predicted octanol–water partition coefficient (Wildman–Crippen LogP) is 7.85. The van der Waals surface area contributed by atoms with Crippen molar-refractivity contribution in [3.05, 3.63) is 53.1 Å². The van der Waals surface area contributed by atoms with Gasteiger partial charge in [-0.3, -0.25) is 4.79 Å². The normalized spacial score (nSPS) is 32.9. The second kappa shape index (κ2) is 9.45. The molecule has 0 heterocycles. The van der Waals surface area contributed by atoms with Crippen molar-refractivity contribution in [2.45, 2.75) is 76.7 Å². The maximum Gasteiger partial charge on any atom is 0.308 e. The molecule has 3 saturated carbocycles. The van der Waals surface area contributed by atoms with E-state index in [4.69, 9.17) is 11.6 Å². The highest BCUT2D eigenvalue weighted by Crippen LogP contribution is 2.51. The summed E-state index contributed by atoms with van der Waals surface area (Å²) < 4.78 is 0. The molecule has 0 aromatic heterocycles. The Labute approximate surface area is 208 Å². The highest BCUT2D eigenvalue weighted by molar-refractivity contribution is 6.33. The average Bonchev–Trinajstić information content (AvgIpc) is 3.24. The minimum Gasteiger partial charge on any atom is -0.481 e. The second-order valence-corrected chi connectivity index (χ2v) is 11.9. The SMILES string of the molecule is CC1CC2CC(C1)CC(C)(c1ccc(Nc3ccc(NC4CCCC4C(=O)O)cc3)c(Cl)c1)C2. The number of hydrogen-bond acceptors (Lipinski definition) is 3. The Balaban J connectivity index is 1.24. The number of anilines is 3. The number of carboxylic acid groups (broad SMARTS) is 1. The second-order valence-electron chi connectivity index (χ2n) is 11.5. The van der Waals surface area contributed by atoms with Crippen LogP contribution in [0.5, 0.6) is 0 Å². The third kappa shape index (κ3) is 4.93. The molecule has 2 bridgehead atoms. The quantitative estimate of drug-likeness (QED) is 0.394. The van der Waals surface area contributed by atoms with E-state index < -0.39 is 5.97 Å². The number of carboxylic acids is 1. The van der Waals surface area contributed by atoms with Crippen LogP contribution >= 0.6 is 11.6 Å². The van der Waals surface area contributed by atoms with Gasteiger partial charge >= 0.3 is 5.97 Å². The molecule has 0 aliphatic heterocycles. The Kier molecular flexibility index (Phi) is 6.54. The van der Waals surface area contributed by atoms with E-state index in [1.54, 1.807) is 0 Å². The minimum atomic E-state index is -0.703. The molecule has 34 heavy (non-hydrogen) atoms. The van der Waals surface area contributed by atoms with Crippen LogP contribution in [0.1, 0.15) is 70.8 Å². The Bertz CT molecular complexity index is 1020. The van der Waals surface area contributed by atoms with Crippen LogP contribution in [0.4, 0.5) is 17.1 Å². The summed E-state index contributed by atoms with van der Waals surface area (Å²) >= 11 is 6.76. The van der Waals surface area contributed by atoms with Crippen LogP contribution in [0.3, 0.4) is 0 Å². The van der Waals surface area contributed by atoms with Gasteiger partial charge in [-0.25, -0.2) is 0 Å². The summed E-state index contributed by atoms with van der Waals surface area (Å²) in [5.74, 6) is 1.58. The molecule has 5 rings (SSSR count). The van der Waals surface area contributed by atoms with Crippen molar-refractivity contribution in [3.63, 3.8) is 0 Å². The summed E-state index contributed by atoms with van der Waals surface area (Å²) in [5.41, 5.74) is 4.43. The third-order valence-corrected chi connectivity index (χ3v) is 8.94. The monoisotopic (exact) mass is 480 g/mol. The lowest BCUT2D eigenvalue weighted by Gasteiger charge is -2.47. The molecule has 0 radical (unpaired) electrons. The minimum absolute atomic E-state index is 0.00203. The molecule has 4 atom stereocenters. The smallest absolute Gasteiger partial charge is 0.308 e. The van der Waals surface area contributed by atoms with Gasteiger partial charge in [-0.2, -0.15) is 0 Å². The van der Waals surface area contributed by atoms with Crippen molar-refractivity contribution in [2.75, 3.05) is 10.6 Å². The van der Waals surface area contributed by atoms with Gasteiger partial charge in [0.25, 0.3) is 0 Å². The van der Waals surface area contributed by atoms with Crippen molar-refractivity contribution in [3.8, 4) is 0 Å². The molecule has 2 aromatic rings. The molecule has 2 aromatic carbocycles. The zero-order valence-corrected chi connectivity index (χ0v) is 21.1. The fourth-order valence-corrected chi connectivity index (χ4v) is 7.49. The molecule has 4 nitrogen and oxygen atoms in total.